The molecule has 1 atom stereocenters. The summed E-state index contributed by atoms with van der Waals surface area (Å²) in [6, 6.07) is 10.2. The SMILES string of the molecule is O=C(c1ncn2c1CO[C@H](c1ccccc1)C2)N1CCCCC1. The second-order valence-corrected chi connectivity index (χ2v) is 6.26. The Labute approximate surface area is 135 Å². The average Bonchev–Trinajstić information content (AvgIpc) is 3.05. The quantitative estimate of drug-likeness (QED) is 0.857. The predicted molar refractivity (Wildman–Crippen MR) is 86.0 cm³/mol. The lowest BCUT2D eigenvalue weighted by Crippen LogP contribution is -2.36. The molecule has 0 radical (unpaired) electrons. The van der Waals surface area contributed by atoms with Crippen molar-refractivity contribution in [3.63, 3.8) is 0 Å². The summed E-state index contributed by atoms with van der Waals surface area (Å²) in [4.78, 5) is 19.0. The van der Waals surface area contributed by atoms with E-state index in [0.717, 1.165) is 37.2 Å². The molecule has 1 fully saturated rings. The van der Waals surface area contributed by atoms with Crippen molar-refractivity contribution in [3.05, 3.63) is 53.6 Å². The van der Waals surface area contributed by atoms with Crippen LogP contribution in [0.25, 0.3) is 0 Å². The third-order valence-electron chi connectivity index (χ3n) is 4.75. The van der Waals surface area contributed by atoms with Crippen molar-refractivity contribution >= 4 is 5.91 Å². The Hall–Kier alpha value is -2.14. The van der Waals surface area contributed by atoms with Gasteiger partial charge in [0.05, 0.1) is 25.2 Å². The maximum Gasteiger partial charge on any atom is 0.274 e. The molecule has 4 rings (SSSR count). The summed E-state index contributed by atoms with van der Waals surface area (Å²) in [7, 11) is 0. The summed E-state index contributed by atoms with van der Waals surface area (Å²) in [5, 5.41) is 0. The summed E-state index contributed by atoms with van der Waals surface area (Å²) in [5.74, 6) is 0.0558. The first-order valence-corrected chi connectivity index (χ1v) is 8.33. The van der Waals surface area contributed by atoms with Crippen molar-refractivity contribution in [1.82, 2.24) is 14.5 Å². The highest BCUT2D eigenvalue weighted by molar-refractivity contribution is 5.93. The molecule has 3 heterocycles. The average molecular weight is 311 g/mol. The second-order valence-electron chi connectivity index (χ2n) is 6.26. The van der Waals surface area contributed by atoms with Crippen LogP contribution in [0.3, 0.4) is 0 Å². The van der Waals surface area contributed by atoms with Crippen LogP contribution >= 0.6 is 0 Å². The van der Waals surface area contributed by atoms with Crippen LogP contribution in [0.4, 0.5) is 0 Å². The summed E-state index contributed by atoms with van der Waals surface area (Å²) < 4.78 is 8.06. The first kappa shape index (κ1) is 14.5. The number of ether oxygens (including phenoxy) is 1. The Morgan fingerprint density at radius 1 is 1.13 bits per heavy atom. The molecule has 0 saturated carbocycles. The molecule has 5 heteroatoms. The van der Waals surface area contributed by atoms with Crippen LogP contribution in [0.1, 0.15) is 47.1 Å². The van der Waals surface area contributed by atoms with E-state index in [0.29, 0.717) is 18.8 Å². The molecule has 0 unspecified atom stereocenters. The molecule has 5 nitrogen and oxygen atoms in total. The smallest absolute Gasteiger partial charge is 0.274 e. The van der Waals surface area contributed by atoms with Gasteiger partial charge in [-0.2, -0.15) is 0 Å². The molecule has 2 aromatic rings. The lowest BCUT2D eigenvalue weighted by molar-refractivity contribution is 0.00231. The van der Waals surface area contributed by atoms with Crippen molar-refractivity contribution in [2.24, 2.45) is 0 Å². The number of carbonyl (C=O) groups excluding carboxylic acids is 1. The first-order chi connectivity index (χ1) is 11.3. The number of hydrogen-bond donors (Lipinski definition) is 0. The van der Waals surface area contributed by atoms with Crippen LogP contribution in [-0.4, -0.2) is 33.4 Å². The standard InChI is InChI=1S/C18H21N3O2/c22-18(20-9-5-2-6-10-20)17-15-12-23-16(11-21(15)13-19-17)14-7-3-1-4-8-14/h1,3-4,7-8,13,16H,2,5-6,9-12H2/t16-/m0/s1. The molecule has 1 amide bonds. The van der Waals surface area contributed by atoms with Crippen LogP contribution in [0.2, 0.25) is 0 Å². The lowest BCUT2D eigenvalue weighted by Gasteiger charge is -2.28. The van der Waals surface area contributed by atoms with E-state index in [2.05, 4.69) is 21.7 Å². The minimum absolute atomic E-state index is 0.0239. The summed E-state index contributed by atoms with van der Waals surface area (Å²) in [6.07, 6.45) is 5.21. The van der Waals surface area contributed by atoms with E-state index in [1.807, 2.05) is 23.1 Å². The van der Waals surface area contributed by atoms with Gasteiger partial charge in [-0.05, 0) is 24.8 Å². The van der Waals surface area contributed by atoms with Gasteiger partial charge in [0.1, 0.15) is 6.10 Å². The molecule has 120 valence electrons. The molecule has 1 aromatic carbocycles. The van der Waals surface area contributed by atoms with Gasteiger partial charge in [0.15, 0.2) is 5.69 Å². The van der Waals surface area contributed by atoms with Crippen molar-refractivity contribution in [2.45, 2.75) is 38.5 Å². The van der Waals surface area contributed by atoms with Gasteiger partial charge in [-0.15, -0.1) is 0 Å². The summed E-state index contributed by atoms with van der Waals surface area (Å²) >= 11 is 0. The van der Waals surface area contributed by atoms with Crippen molar-refractivity contribution in [3.8, 4) is 0 Å². The van der Waals surface area contributed by atoms with Crippen molar-refractivity contribution < 1.29 is 9.53 Å². The van der Waals surface area contributed by atoms with Crippen LogP contribution in [-0.2, 0) is 17.9 Å². The normalized spacial score (nSPS) is 21.0. The highest BCUT2D eigenvalue weighted by Gasteiger charge is 2.28. The number of nitrogens with zero attached hydrogens (tertiary/aromatic N) is 3. The minimum atomic E-state index is 0.0239. The molecule has 2 aliphatic rings. The Morgan fingerprint density at radius 2 is 1.91 bits per heavy atom. The summed E-state index contributed by atoms with van der Waals surface area (Å²) in [5.41, 5.74) is 2.64. The van der Waals surface area contributed by atoms with Gasteiger partial charge in [0.2, 0.25) is 0 Å². The van der Waals surface area contributed by atoms with E-state index in [9.17, 15) is 4.79 Å². The first-order valence-electron chi connectivity index (χ1n) is 8.33. The molecular weight excluding hydrogens is 290 g/mol. The maximum absolute atomic E-state index is 12.7. The molecule has 1 aromatic heterocycles. The Bertz CT molecular complexity index is 690. The van der Waals surface area contributed by atoms with E-state index in [1.54, 1.807) is 6.33 Å². The summed E-state index contributed by atoms with van der Waals surface area (Å²) in [6.45, 7) is 2.84. The number of piperidine rings is 1. The number of hydrogen-bond acceptors (Lipinski definition) is 3. The Morgan fingerprint density at radius 3 is 2.70 bits per heavy atom. The Balaban J connectivity index is 1.54. The number of imidazole rings is 1. The number of benzene rings is 1. The monoisotopic (exact) mass is 311 g/mol. The molecule has 0 N–H and O–H groups in total. The van der Waals surface area contributed by atoms with Crippen LogP contribution in [0.15, 0.2) is 36.7 Å². The van der Waals surface area contributed by atoms with E-state index >= 15 is 0 Å². The zero-order valence-electron chi connectivity index (χ0n) is 13.1. The van der Waals surface area contributed by atoms with Crippen LogP contribution in [0, 0.1) is 0 Å². The highest BCUT2D eigenvalue weighted by Crippen LogP contribution is 2.28. The number of amides is 1. The number of aromatic nitrogens is 2. The highest BCUT2D eigenvalue weighted by atomic mass is 16.5. The van der Waals surface area contributed by atoms with Gasteiger partial charge in [-0.25, -0.2) is 4.98 Å². The number of rotatable bonds is 2. The molecule has 2 aliphatic heterocycles. The molecule has 0 bridgehead atoms. The fourth-order valence-corrected chi connectivity index (χ4v) is 3.42. The number of likely N-dealkylation sites (tertiary alicyclic amines) is 1. The van der Waals surface area contributed by atoms with Gasteiger partial charge < -0.3 is 14.2 Å². The van der Waals surface area contributed by atoms with Gasteiger partial charge in [-0.1, -0.05) is 30.3 Å². The van der Waals surface area contributed by atoms with Gasteiger partial charge in [-0.3, -0.25) is 4.79 Å². The fraction of sp³-hybridized carbons (Fsp3) is 0.444. The van der Waals surface area contributed by atoms with E-state index in [1.165, 1.54) is 6.42 Å². The lowest BCUT2D eigenvalue weighted by atomic mass is 10.1. The third kappa shape index (κ3) is 2.77. The largest absolute Gasteiger partial charge is 0.365 e. The predicted octanol–water partition coefficient (Wildman–Crippen LogP) is 2.78. The van der Waals surface area contributed by atoms with Crippen molar-refractivity contribution in [1.29, 1.82) is 0 Å². The van der Waals surface area contributed by atoms with E-state index in [4.69, 9.17) is 4.74 Å². The zero-order valence-corrected chi connectivity index (χ0v) is 13.1. The molecule has 23 heavy (non-hydrogen) atoms. The van der Waals surface area contributed by atoms with E-state index in [-0.39, 0.29) is 12.0 Å². The van der Waals surface area contributed by atoms with E-state index < -0.39 is 0 Å². The molecule has 0 spiro atoms. The van der Waals surface area contributed by atoms with Gasteiger partial charge >= 0.3 is 0 Å². The van der Waals surface area contributed by atoms with Crippen LogP contribution in [0.5, 0.6) is 0 Å². The van der Waals surface area contributed by atoms with Crippen LogP contribution < -0.4 is 0 Å². The second kappa shape index (κ2) is 6.16. The fourth-order valence-electron chi connectivity index (χ4n) is 3.42. The van der Waals surface area contributed by atoms with Crippen molar-refractivity contribution in [2.75, 3.05) is 13.1 Å². The minimum Gasteiger partial charge on any atom is -0.365 e. The third-order valence-corrected chi connectivity index (χ3v) is 4.75. The molecule has 0 aliphatic carbocycles. The molecule has 1 saturated heterocycles. The maximum atomic E-state index is 12.7. The zero-order chi connectivity index (χ0) is 15.6. The van der Waals surface area contributed by atoms with Gasteiger partial charge in [0, 0.05) is 13.1 Å². The topological polar surface area (TPSA) is 47.4 Å². The van der Waals surface area contributed by atoms with Gasteiger partial charge in [0.25, 0.3) is 5.91 Å². The Kier molecular flexibility index (Phi) is 3.87. The number of fused-ring (bicyclic) bond motifs is 1. The number of carbonyl (C=O) groups is 1. The molecular formula is C18H21N3O2.